The van der Waals surface area contributed by atoms with Crippen LogP contribution in [0, 0.1) is 3.57 Å². The number of nitrogens with zero attached hydrogens (tertiary/aromatic N) is 2. The van der Waals surface area contributed by atoms with Crippen LogP contribution in [0.5, 0.6) is 5.75 Å². The van der Waals surface area contributed by atoms with Gasteiger partial charge in [0.25, 0.3) is 0 Å². The van der Waals surface area contributed by atoms with E-state index in [2.05, 4.69) is 22.6 Å². The van der Waals surface area contributed by atoms with E-state index in [9.17, 15) is 9.59 Å². The first-order valence-electron chi connectivity index (χ1n) is 6.43. The van der Waals surface area contributed by atoms with Gasteiger partial charge in [-0.15, -0.1) is 0 Å². The van der Waals surface area contributed by atoms with E-state index in [4.69, 9.17) is 9.47 Å². The monoisotopic (exact) mass is 400 g/mol. The van der Waals surface area contributed by atoms with Crippen LogP contribution in [0.1, 0.15) is 17.3 Å². The molecule has 0 atom stereocenters. The molecule has 0 aliphatic carbocycles. The number of hydrogen-bond donors (Lipinski definition) is 0. The van der Waals surface area contributed by atoms with E-state index in [1.807, 2.05) is 13.1 Å². The SMILES string of the molecule is CCOC(=O)c1cn2c3c(cc(I)cc3c1=O)OCN2C. The van der Waals surface area contributed by atoms with Crippen LogP contribution in [0.3, 0.4) is 0 Å². The first kappa shape index (κ1) is 14.2. The first-order valence-corrected chi connectivity index (χ1v) is 7.51. The van der Waals surface area contributed by atoms with Crippen molar-refractivity contribution in [3.05, 3.63) is 37.7 Å². The van der Waals surface area contributed by atoms with E-state index in [0.29, 0.717) is 23.4 Å². The molecule has 0 N–H and O–H groups in total. The van der Waals surface area contributed by atoms with E-state index in [1.54, 1.807) is 22.7 Å². The van der Waals surface area contributed by atoms with Crippen molar-refractivity contribution in [2.24, 2.45) is 0 Å². The summed E-state index contributed by atoms with van der Waals surface area (Å²) in [6.45, 7) is 2.28. The third kappa shape index (κ3) is 2.25. The standard InChI is InChI=1S/C14H13IN2O4/c1-3-20-14(19)10-6-17-12-9(13(10)18)4-8(15)5-11(12)21-7-16(17)2/h4-6H,3,7H2,1-2H3. The lowest BCUT2D eigenvalue weighted by Crippen LogP contribution is -2.39. The quantitative estimate of drug-likeness (QED) is 0.568. The smallest absolute Gasteiger partial charge is 0.343 e. The largest absolute Gasteiger partial charge is 0.469 e. The molecule has 3 rings (SSSR count). The zero-order valence-corrected chi connectivity index (χ0v) is 13.7. The van der Waals surface area contributed by atoms with E-state index in [-0.39, 0.29) is 17.6 Å². The Labute approximate surface area is 134 Å². The molecule has 0 radical (unpaired) electrons. The number of carbonyl (C=O) groups excluding carboxylic acids is 1. The second-order valence-corrected chi connectivity index (χ2v) is 5.91. The molecule has 0 saturated heterocycles. The summed E-state index contributed by atoms with van der Waals surface area (Å²) in [4.78, 5) is 24.5. The van der Waals surface area contributed by atoms with Crippen LogP contribution in [-0.2, 0) is 4.74 Å². The molecule has 1 aromatic carbocycles. The van der Waals surface area contributed by atoms with E-state index in [1.165, 1.54) is 6.20 Å². The maximum atomic E-state index is 12.6. The minimum atomic E-state index is -0.603. The molecular weight excluding hydrogens is 387 g/mol. The predicted molar refractivity (Wildman–Crippen MR) is 86.5 cm³/mol. The summed E-state index contributed by atoms with van der Waals surface area (Å²) in [5, 5.41) is 2.23. The molecule has 2 heterocycles. The molecule has 0 fully saturated rings. The minimum absolute atomic E-state index is 0.0334. The number of benzene rings is 1. The second kappa shape index (κ2) is 5.21. The van der Waals surface area contributed by atoms with Gasteiger partial charge >= 0.3 is 5.97 Å². The van der Waals surface area contributed by atoms with Gasteiger partial charge in [-0.3, -0.25) is 14.5 Å². The number of hydrogen-bond acceptors (Lipinski definition) is 5. The highest BCUT2D eigenvalue weighted by molar-refractivity contribution is 14.1. The van der Waals surface area contributed by atoms with E-state index < -0.39 is 5.97 Å². The Balaban J connectivity index is 2.38. The van der Waals surface area contributed by atoms with Crippen LogP contribution >= 0.6 is 22.6 Å². The zero-order chi connectivity index (χ0) is 15.1. The van der Waals surface area contributed by atoms with Gasteiger partial charge in [-0.2, -0.15) is 0 Å². The summed E-state index contributed by atoms with van der Waals surface area (Å²) in [7, 11) is 1.82. The average Bonchev–Trinajstić information content (AvgIpc) is 2.45. The molecule has 7 heteroatoms. The molecule has 6 nitrogen and oxygen atoms in total. The van der Waals surface area contributed by atoms with Gasteiger partial charge in [-0.1, -0.05) is 0 Å². The van der Waals surface area contributed by atoms with Crippen molar-refractivity contribution in [2.45, 2.75) is 6.92 Å². The Morgan fingerprint density at radius 2 is 2.24 bits per heavy atom. The number of halogens is 1. The lowest BCUT2D eigenvalue weighted by Gasteiger charge is -2.30. The molecule has 21 heavy (non-hydrogen) atoms. The second-order valence-electron chi connectivity index (χ2n) is 4.67. The van der Waals surface area contributed by atoms with Crippen molar-refractivity contribution < 1.29 is 14.3 Å². The lowest BCUT2D eigenvalue weighted by molar-refractivity contribution is 0.0524. The fourth-order valence-corrected chi connectivity index (χ4v) is 2.93. The van der Waals surface area contributed by atoms with Gasteiger partial charge < -0.3 is 9.47 Å². The number of carbonyl (C=O) groups is 1. The van der Waals surface area contributed by atoms with Crippen LogP contribution < -0.4 is 15.2 Å². The van der Waals surface area contributed by atoms with Crippen LogP contribution in [0.15, 0.2) is 23.1 Å². The zero-order valence-electron chi connectivity index (χ0n) is 11.6. The Morgan fingerprint density at radius 3 is 2.95 bits per heavy atom. The third-order valence-electron chi connectivity index (χ3n) is 3.28. The Bertz CT molecular complexity index is 800. The topological polar surface area (TPSA) is 60.8 Å². The van der Waals surface area contributed by atoms with E-state index in [0.717, 1.165) is 3.57 Å². The summed E-state index contributed by atoms with van der Waals surface area (Å²) in [6, 6.07) is 3.62. The lowest BCUT2D eigenvalue weighted by atomic mass is 10.1. The summed E-state index contributed by atoms with van der Waals surface area (Å²) in [5.41, 5.74) is 0.367. The minimum Gasteiger partial charge on any atom is -0.469 e. The number of esters is 1. The van der Waals surface area contributed by atoms with Crippen LogP contribution in [0.2, 0.25) is 0 Å². The number of ether oxygens (including phenoxy) is 2. The van der Waals surface area contributed by atoms with Crippen LogP contribution in [0.25, 0.3) is 10.9 Å². The highest BCUT2D eigenvalue weighted by atomic mass is 127. The van der Waals surface area contributed by atoms with Gasteiger partial charge in [0.1, 0.15) is 16.8 Å². The predicted octanol–water partition coefficient (Wildman–Crippen LogP) is 1.70. The van der Waals surface area contributed by atoms with Gasteiger partial charge in [0.2, 0.25) is 5.43 Å². The molecule has 0 spiro atoms. The van der Waals surface area contributed by atoms with Gasteiger partial charge in [-0.25, -0.2) is 4.79 Å². The summed E-state index contributed by atoms with van der Waals surface area (Å²) < 4.78 is 13.2. The fourth-order valence-electron chi connectivity index (χ4n) is 2.33. The Hall–Kier alpha value is -1.77. The van der Waals surface area contributed by atoms with Crippen molar-refractivity contribution in [2.75, 3.05) is 25.4 Å². The Kier molecular flexibility index (Phi) is 3.52. The average molecular weight is 400 g/mol. The van der Waals surface area contributed by atoms with Gasteiger partial charge in [0, 0.05) is 16.8 Å². The van der Waals surface area contributed by atoms with Crippen molar-refractivity contribution in [1.29, 1.82) is 0 Å². The molecule has 1 aromatic heterocycles. The van der Waals surface area contributed by atoms with Gasteiger partial charge in [-0.05, 0) is 41.6 Å². The number of rotatable bonds is 2. The van der Waals surface area contributed by atoms with Crippen molar-refractivity contribution in [3.8, 4) is 5.75 Å². The molecule has 110 valence electrons. The van der Waals surface area contributed by atoms with E-state index >= 15 is 0 Å². The van der Waals surface area contributed by atoms with Crippen molar-refractivity contribution >= 4 is 39.5 Å². The number of pyridine rings is 1. The van der Waals surface area contributed by atoms with Crippen molar-refractivity contribution in [1.82, 2.24) is 4.68 Å². The molecule has 2 aromatic rings. The van der Waals surface area contributed by atoms with Crippen LogP contribution in [0.4, 0.5) is 0 Å². The molecule has 0 unspecified atom stereocenters. The third-order valence-corrected chi connectivity index (χ3v) is 3.90. The normalized spacial score (nSPS) is 13.2. The molecule has 1 aliphatic heterocycles. The molecular formula is C14H13IN2O4. The maximum absolute atomic E-state index is 12.6. The molecule has 0 amide bonds. The highest BCUT2D eigenvalue weighted by Gasteiger charge is 2.23. The molecule has 0 bridgehead atoms. The van der Waals surface area contributed by atoms with Crippen molar-refractivity contribution in [3.63, 3.8) is 0 Å². The van der Waals surface area contributed by atoms with Gasteiger partial charge in [0.05, 0.1) is 12.0 Å². The number of aromatic nitrogens is 1. The van der Waals surface area contributed by atoms with Gasteiger partial charge in [0.15, 0.2) is 6.73 Å². The maximum Gasteiger partial charge on any atom is 0.343 e. The summed E-state index contributed by atoms with van der Waals surface area (Å²) in [5.74, 6) is 0.0379. The highest BCUT2D eigenvalue weighted by Crippen LogP contribution is 2.29. The Morgan fingerprint density at radius 1 is 1.48 bits per heavy atom. The first-order chi connectivity index (χ1) is 10.0. The molecule has 1 aliphatic rings. The van der Waals surface area contributed by atoms with Crippen LogP contribution in [-0.4, -0.2) is 31.0 Å². The summed E-state index contributed by atoms with van der Waals surface area (Å²) in [6.07, 6.45) is 1.52. The summed E-state index contributed by atoms with van der Waals surface area (Å²) >= 11 is 2.12. The fraction of sp³-hybridized carbons (Fsp3) is 0.286. The molecule has 0 saturated carbocycles.